The van der Waals surface area contributed by atoms with Gasteiger partial charge in [-0.05, 0) is 23.8 Å². The zero-order valence-electron chi connectivity index (χ0n) is 11.8. The molecule has 0 unspecified atom stereocenters. The zero-order valence-corrected chi connectivity index (χ0v) is 13.3. The second kappa shape index (κ2) is 6.77. The number of benzene rings is 1. The van der Waals surface area contributed by atoms with Gasteiger partial charge in [0, 0.05) is 20.2 Å². The molecule has 0 atom stereocenters. The third kappa shape index (κ3) is 5.12. The fourth-order valence-electron chi connectivity index (χ4n) is 1.47. The van der Waals surface area contributed by atoms with Gasteiger partial charge in [0.2, 0.25) is 10.0 Å². The predicted molar refractivity (Wildman–Crippen MR) is 75.7 cm³/mol. The molecule has 0 fully saturated rings. The average Bonchev–Trinajstić information content (AvgIpc) is 2.37. The summed E-state index contributed by atoms with van der Waals surface area (Å²) >= 11 is 5.63. The number of sulfonamides is 1. The zero-order chi connectivity index (χ0) is 18.0. The highest BCUT2D eigenvalue weighted by molar-refractivity contribution is 7.89. The molecule has 1 aromatic rings. The Morgan fingerprint density at radius 3 is 2.35 bits per heavy atom. The lowest BCUT2D eigenvalue weighted by Gasteiger charge is -2.16. The molecule has 0 aromatic heterocycles. The van der Waals surface area contributed by atoms with Gasteiger partial charge in [-0.15, -0.1) is 13.2 Å². The Hall–Kier alpha value is -1.78. The standard InChI is InChI=1S/C12H11ClF3NO5S/c1-17(2)23(20,21)10-6-8(13)9(22-12(14,15)16)5-7(10)3-4-11(18)19/h3-6H,1-2H3,(H,18,19)/b4-3+. The average molecular weight is 374 g/mol. The van der Waals surface area contributed by atoms with Crippen LogP contribution < -0.4 is 4.74 Å². The second-order valence-corrected chi connectivity index (χ2v) is 6.85. The number of carboxylic acid groups (broad SMARTS) is 1. The SMILES string of the molecule is CN(C)S(=O)(=O)c1cc(Cl)c(OC(F)(F)F)cc1/C=C/C(=O)O. The lowest BCUT2D eigenvalue weighted by molar-refractivity contribution is -0.274. The molecule has 11 heteroatoms. The Bertz CT molecular complexity index is 744. The summed E-state index contributed by atoms with van der Waals surface area (Å²) in [7, 11) is -1.67. The van der Waals surface area contributed by atoms with Gasteiger partial charge in [-0.1, -0.05) is 11.6 Å². The van der Waals surface area contributed by atoms with Gasteiger partial charge in [0.05, 0.1) is 9.92 Å². The number of hydrogen-bond acceptors (Lipinski definition) is 4. The Balaban J connectivity index is 3.58. The number of halogens is 4. The van der Waals surface area contributed by atoms with Gasteiger partial charge < -0.3 is 9.84 Å². The maximum Gasteiger partial charge on any atom is 0.573 e. The number of carboxylic acids is 1. The van der Waals surface area contributed by atoms with Crippen LogP contribution in [0.3, 0.4) is 0 Å². The summed E-state index contributed by atoms with van der Waals surface area (Å²) in [5.41, 5.74) is -0.315. The van der Waals surface area contributed by atoms with Gasteiger partial charge >= 0.3 is 12.3 Å². The topological polar surface area (TPSA) is 83.9 Å². The van der Waals surface area contributed by atoms with Crippen molar-refractivity contribution < 1.29 is 36.2 Å². The summed E-state index contributed by atoms with van der Waals surface area (Å²) in [6.07, 6.45) is -3.63. The molecule has 23 heavy (non-hydrogen) atoms. The van der Waals surface area contributed by atoms with Gasteiger partial charge in [-0.3, -0.25) is 0 Å². The molecule has 1 N–H and O–H groups in total. The molecule has 0 bridgehead atoms. The quantitative estimate of drug-likeness (QED) is 0.802. The van der Waals surface area contributed by atoms with Crippen LogP contribution in [0.2, 0.25) is 5.02 Å². The van der Waals surface area contributed by atoms with E-state index in [1.807, 2.05) is 0 Å². The first-order valence-corrected chi connectivity index (χ1v) is 7.59. The van der Waals surface area contributed by atoms with Crippen LogP contribution in [0, 0.1) is 0 Å². The van der Waals surface area contributed by atoms with E-state index < -0.39 is 38.0 Å². The number of rotatable bonds is 5. The summed E-state index contributed by atoms with van der Waals surface area (Å²) in [5.74, 6) is -2.26. The summed E-state index contributed by atoms with van der Waals surface area (Å²) in [5, 5.41) is 8.02. The van der Waals surface area contributed by atoms with Crippen molar-refractivity contribution in [3.63, 3.8) is 0 Å². The monoisotopic (exact) mass is 373 g/mol. The molecule has 1 aromatic carbocycles. The molecule has 0 heterocycles. The lowest BCUT2D eigenvalue weighted by Crippen LogP contribution is -2.23. The molecule has 0 spiro atoms. The highest BCUT2D eigenvalue weighted by Crippen LogP contribution is 2.35. The van der Waals surface area contributed by atoms with Crippen molar-refractivity contribution in [2.45, 2.75) is 11.3 Å². The minimum absolute atomic E-state index is 0.315. The molecule has 1 rings (SSSR count). The molecular formula is C12H11ClF3NO5S. The van der Waals surface area contributed by atoms with E-state index in [-0.39, 0.29) is 5.56 Å². The van der Waals surface area contributed by atoms with Gasteiger partial charge in [0.15, 0.2) is 0 Å². The van der Waals surface area contributed by atoms with E-state index in [0.717, 1.165) is 16.4 Å². The molecule has 0 aliphatic heterocycles. The van der Waals surface area contributed by atoms with Crippen molar-refractivity contribution >= 4 is 33.7 Å². The normalized spacial score (nSPS) is 12.8. The van der Waals surface area contributed by atoms with E-state index in [4.69, 9.17) is 16.7 Å². The molecule has 0 radical (unpaired) electrons. The van der Waals surface area contributed by atoms with Crippen LogP contribution in [0.5, 0.6) is 5.75 Å². The molecule has 0 aliphatic rings. The first-order chi connectivity index (χ1) is 10.3. The van der Waals surface area contributed by atoms with Gasteiger partial charge in [0.25, 0.3) is 0 Å². The van der Waals surface area contributed by atoms with Crippen LogP contribution in [0.25, 0.3) is 6.08 Å². The molecular weight excluding hydrogens is 363 g/mol. The minimum Gasteiger partial charge on any atom is -0.478 e. The molecule has 6 nitrogen and oxygen atoms in total. The number of carbonyl (C=O) groups is 1. The third-order valence-corrected chi connectivity index (χ3v) is 4.62. The van der Waals surface area contributed by atoms with Crippen molar-refractivity contribution in [1.29, 1.82) is 0 Å². The molecule has 0 saturated carbocycles. The van der Waals surface area contributed by atoms with Crippen LogP contribution in [0.15, 0.2) is 23.1 Å². The van der Waals surface area contributed by atoms with E-state index in [9.17, 15) is 26.4 Å². The van der Waals surface area contributed by atoms with E-state index in [2.05, 4.69) is 4.74 Å². The van der Waals surface area contributed by atoms with Gasteiger partial charge in [-0.25, -0.2) is 17.5 Å². The Morgan fingerprint density at radius 2 is 1.91 bits per heavy atom. The molecule has 0 saturated heterocycles. The van der Waals surface area contributed by atoms with E-state index >= 15 is 0 Å². The van der Waals surface area contributed by atoms with Gasteiger partial charge in [-0.2, -0.15) is 0 Å². The Labute approximate surface area is 134 Å². The maximum atomic E-state index is 12.3. The maximum absolute atomic E-state index is 12.3. The Morgan fingerprint density at radius 1 is 1.35 bits per heavy atom. The summed E-state index contributed by atoms with van der Waals surface area (Å²) < 4.78 is 65.8. The molecule has 128 valence electrons. The van der Waals surface area contributed by atoms with Crippen LogP contribution in [0.1, 0.15) is 5.56 Å². The third-order valence-electron chi connectivity index (χ3n) is 2.45. The highest BCUT2D eigenvalue weighted by atomic mass is 35.5. The first-order valence-electron chi connectivity index (χ1n) is 5.77. The van der Waals surface area contributed by atoms with Crippen molar-refractivity contribution in [3.05, 3.63) is 28.8 Å². The molecule has 0 amide bonds. The van der Waals surface area contributed by atoms with Crippen LogP contribution >= 0.6 is 11.6 Å². The van der Waals surface area contributed by atoms with Crippen molar-refractivity contribution in [2.75, 3.05) is 14.1 Å². The van der Waals surface area contributed by atoms with Crippen molar-refractivity contribution in [2.24, 2.45) is 0 Å². The number of aliphatic carboxylic acids is 1. The Kier molecular flexibility index (Phi) is 5.67. The minimum atomic E-state index is -5.04. The van der Waals surface area contributed by atoms with Gasteiger partial charge in [0.1, 0.15) is 5.75 Å². The van der Waals surface area contributed by atoms with Crippen LogP contribution in [0.4, 0.5) is 13.2 Å². The van der Waals surface area contributed by atoms with Crippen molar-refractivity contribution in [1.82, 2.24) is 4.31 Å². The van der Waals surface area contributed by atoms with Crippen molar-refractivity contribution in [3.8, 4) is 5.75 Å². The first kappa shape index (κ1) is 19.3. The fraction of sp³-hybridized carbons (Fsp3) is 0.250. The smallest absolute Gasteiger partial charge is 0.478 e. The van der Waals surface area contributed by atoms with E-state index in [1.54, 1.807) is 0 Å². The van der Waals surface area contributed by atoms with Crippen LogP contribution in [-0.2, 0) is 14.8 Å². The predicted octanol–water partition coefficient (Wildman–Crippen LogP) is 2.59. The lowest BCUT2D eigenvalue weighted by atomic mass is 10.2. The van der Waals surface area contributed by atoms with Crippen LogP contribution in [-0.4, -0.2) is 44.3 Å². The molecule has 0 aliphatic carbocycles. The fourth-order valence-corrected chi connectivity index (χ4v) is 2.82. The highest BCUT2D eigenvalue weighted by Gasteiger charge is 2.33. The number of alkyl halides is 3. The van der Waals surface area contributed by atoms with E-state index in [1.165, 1.54) is 14.1 Å². The number of nitrogens with zero attached hydrogens (tertiary/aromatic N) is 1. The second-order valence-electron chi connectivity index (χ2n) is 4.33. The summed E-state index contributed by atoms with van der Waals surface area (Å²) in [4.78, 5) is 10.1. The largest absolute Gasteiger partial charge is 0.573 e. The number of ether oxygens (including phenoxy) is 1. The van der Waals surface area contributed by atoms with E-state index in [0.29, 0.717) is 12.1 Å². The number of hydrogen-bond donors (Lipinski definition) is 1. The summed E-state index contributed by atoms with van der Waals surface area (Å²) in [6, 6.07) is 1.46. The summed E-state index contributed by atoms with van der Waals surface area (Å²) in [6.45, 7) is 0.